The molecule has 2 heterocycles. The molecule has 80 valence electrons. The third-order valence-electron chi connectivity index (χ3n) is 2.07. The highest BCUT2D eigenvalue weighted by molar-refractivity contribution is 5.57. The number of nitrogens with zero attached hydrogens (tertiary/aromatic N) is 3. The molecular weight excluding hydrogens is 210 g/mol. The molecule has 0 unspecified atom stereocenters. The molecule has 2 aromatic rings. The third kappa shape index (κ3) is 1.81. The Balaban J connectivity index is 2.56. The molecule has 0 aliphatic rings. The highest BCUT2D eigenvalue weighted by Crippen LogP contribution is 2.18. The SMILES string of the molecule is O=[N+]([O-])c1cc[n+]([O-])c(-c2cccnc2)c1. The van der Waals surface area contributed by atoms with Crippen LogP contribution in [0.2, 0.25) is 0 Å². The second kappa shape index (κ2) is 3.93. The van der Waals surface area contributed by atoms with Crippen LogP contribution in [0.1, 0.15) is 0 Å². The maximum atomic E-state index is 11.5. The fraction of sp³-hybridized carbons (Fsp3) is 0. The minimum Gasteiger partial charge on any atom is -0.618 e. The van der Waals surface area contributed by atoms with Crippen LogP contribution in [0.15, 0.2) is 42.9 Å². The lowest BCUT2D eigenvalue weighted by Gasteiger charge is -2.02. The summed E-state index contributed by atoms with van der Waals surface area (Å²) in [7, 11) is 0. The van der Waals surface area contributed by atoms with E-state index in [1.807, 2.05) is 0 Å². The molecule has 0 amide bonds. The zero-order chi connectivity index (χ0) is 11.5. The van der Waals surface area contributed by atoms with E-state index in [0.717, 1.165) is 12.3 Å². The summed E-state index contributed by atoms with van der Waals surface area (Å²) in [4.78, 5) is 13.9. The molecular formula is C10H7N3O3. The van der Waals surface area contributed by atoms with E-state index in [-0.39, 0.29) is 11.4 Å². The van der Waals surface area contributed by atoms with Crippen molar-refractivity contribution in [3.8, 4) is 11.3 Å². The smallest absolute Gasteiger partial charge is 0.282 e. The van der Waals surface area contributed by atoms with E-state index >= 15 is 0 Å². The Labute approximate surface area is 90.5 Å². The van der Waals surface area contributed by atoms with Gasteiger partial charge in [-0.1, -0.05) is 0 Å². The Morgan fingerprint density at radius 3 is 2.81 bits per heavy atom. The molecule has 2 rings (SSSR count). The summed E-state index contributed by atoms with van der Waals surface area (Å²) in [5.41, 5.74) is 0.634. The average Bonchev–Trinajstić information content (AvgIpc) is 2.30. The number of rotatable bonds is 2. The molecule has 0 spiro atoms. The first-order valence-corrected chi connectivity index (χ1v) is 4.46. The summed E-state index contributed by atoms with van der Waals surface area (Å²) in [6.07, 6.45) is 4.16. The van der Waals surface area contributed by atoms with Crippen molar-refractivity contribution in [2.75, 3.05) is 0 Å². The predicted molar refractivity (Wildman–Crippen MR) is 55.3 cm³/mol. The number of pyridine rings is 2. The van der Waals surface area contributed by atoms with Gasteiger partial charge in [0.25, 0.3) is 5.69 Å². The molecule has 6 heteroatoms. The third-order valence-corrected chi connectivity index (χ3v) is 2.07. The number of hydrogen-bond donors (Lipinski definition) is 0. The number of aromatic nitrogens is 2. The van der Waals surface area contributed by atoms with Gasteiger partial charge < -0.3 is 5.21 Å². The second-order valence-corrected chi connectivity index (χ2v) is 3.09. The molecule has 6 nitrogen and oxygen atoms in total. The Morgan fingerprint density at radius 1 is 1.38 bits per heavy atom. The van der Waals surface area contributed by atoms with Crippen molar-refractivity contribution in [3.63, 3.8) is 0 Å². The summed E-state index contributed by atoms with van der Waals surface area (Å²) in [6, 6.07) is 5.71. The zero-order valence-corrected chi connectivity index (χ0v) is 8.11. The minimum atomic E-state index is -0.542. The molecule has 0 saturated carbocycles. The number of nitro groups is 1. The number of hydrogen-bond acceptors (Lipinski definition) is 4. The summed E-state index contributed by atoms with van der Waals surface area (Å²) in [5, 5.41) is 22.0. The Morgan fingerprint density at radius 2 is 2.19 bits per heavy atom. The largest absolute Gasteiger partial charge is 0.618 e. The van der Waals surface area contributed by atoms with E-state index in [1.54, 1.807) is 18.3 Å². The molecule has 0 fully saturated rings. The van der Waals surface area contributed by atoms with Crippen molar-refractivity contribution in [1.29, 1.82) is 0 Å². The van der Waals surface area contributed by atoms with Gasteiger partial charge in [-0.15, -0.1) is 0 Å². The van der Waals surface area contributed by atoms with Crippen LogP contribution >= 0.6 is 0 Å². The molecule has 0 aliphatic heterocycles. The van der Waals surface area contributed by atoms with Crippen molar-refractivity contribution >= 4 is 5.69 Å². The lowest BCUT2D eigenvalue weighted by atomic mass is 10.2. The van der Waals surface area contributed by atoms with Gasteiger partial charge in [0, 0.05) is 12.4 Å². The summed E-state index contributed by atoms with van der Waals surface area (Å²) < 4.78 is 0.573. The van der Waals surface area contributed by atoms with Crippen molar-refractivity contribution < 1.29 is 9.65 Å². The van der Waals surface area contributed by atoms with E-state index in [9.17, 15) is 15.3 Å². The van der Waals surface area contributed by atoms with Crippen molar-refractivity contribution in [2.45, 2.75) is 0 Å². The molecule has 0 N–H and O–H groups in total. The van der Waals surface area contributed by atoms with E-state index in [0.29, 0.717) is 10.3 Å². The van der Waals surface area contributed by atoms with Gasteiger partial charge in [-0.25, -0.2) is 0 Å². The van der Waals surface area contributed by atoms with E-state index in [2.05, 4.69) is 4.98 Å². The van der Waals surface area contributed by atoms with Crippen LogP contribution in [0.25, 0.3) is 11.3 Å². The van der Waals surface area contributed by atoms with Crippen LogP contribution in [0.3, 0.4) is 0 Å². The zero-order valence-electron chi connectivity index (χ0n) is 8.11. The first-order chi connectivity index (χ1) is 7.68. The van der Waals surface area contributed by atoms with Crippen molar-refractivity contribution in [2.24, 2.45) is 0 Å². The highest BCUT2D eigenvalue weighted by atomic mass is 16.6. The van der Waals surface area contributed by atoms with Gasteiger partial charge in [0.2, 0.25) is 5.69 Å². The molecule has 0 saturated heterocycles. The van der Waals surface area contributed by atoms with Gasteiger partial charge in [0.05, 0.1) is 22.6 Å². The first kappa shape index (κ1) is 10.0. The minimum absolute atomic E-state index is 0.119. The fourth-order valence-electron chi connectivity index (χ4n) is 1.31. The first-order valence-electron chi connectivity index (χ1n) is 4.46. The topological polar surface area (TPSA) is 83.0 Å². The monoisotopic (exact) mass is 217 g/mol. The second-order valence-electron chi connectivity index (χ2n) is 3.09. The summed E-state index contributed by atoms with van der Waals surface area (Å²) in [6.45, 7) is 0. The average molecular weight is 217 g/mol. The van der Waals surface area contributed by atoms with E-state index in [1.165, 1.54) is 12.3 Å². The molecule has 0 bridgehead atoms. The quantitative estimate of drug-likeness (QED) is 0.328. The van der Waals surface area contributed by atoms with Crippen LogP contribution < -0.4 is 4.73 Å². The van der Waals surface area contributed by atoms with Crippen molar-refractivity contribution in [1.82, 2.24) is 4.98 Å². The van der Waals surface area contributed by atoms with Gasteiger partial charge >= 0.3 is 0 Å². The van der Waals surface area contributed by atoms with E-state index < -0.39 is 4.92 Å². The summed E-state index contributed by atoms with van der Waals surface area (Å²) in [5.74, 6) is 0. The lowest BCUT2D eigenvalue weighted by Crippen LogP contribution is -2.28. The maximum Gasteiger partial charge on any atom is 0.282 e. The molecule has 0 aliphatic carbocycles. The molecule has 16 heavy (non-hydrogen) atoms. The van der Waals surface area contributed by atoms with Crippen LogP contribution in [0.4, 0.5) is 5.69 Å². The van der Waals surface area contributed by atoms with Gasteiger partial charge in [-0.05, 0) is 12.1 Å². The standard InChI is InChI=1S/C10H7N3O3/c14-12-5-3-9(13(15)16)6-10(12)8-2-1-4-11-7-8/h1-7H. The van der Waals surface area contributed by atoms with E-state index in [4.69, 9.17) is 0 Å². The molecule has 2 aromatic heterocycles. The van der Waals surface area contributed by atoms with Crippen LogP contribution in [0.5, 0.6) is 0 Å². The van der Waals surface area contributed by atoms with Crippen LogP contribution in [-0.2, 0) is 0 Å². The van der Waals surface area contributed by atoms with Gasteiger partial charge in [-0.3, -0.25) is 15.1 Å². The molecule has 0 radical (unpaired) electrons. The van der Waals surface area contributed by atoms with Gasteiger partial charge in [0.1, 0.15) is 0 Å². The van der Waals surface area contributed by atoms with Crippen LogP contribution in [0, 0.1) is 15.3 Å². The van der Waals surface area contributed by atoms with Crippen LogP contribution in [-0.4, -0.2) is 9.91 Å². The van der Waals surface area contributed by atoms with Gasteiger partial charge in [-0.2, -0.15) is 4.73 Å². The molecule has 0 atom stereocenters. The highest BCUT2D eigenvalue weighted by Gasteiger charge is 2.15. The Bertz CT molecular complexity index is 528. The lowest BCUT2D eigenvalue weighted by molar-refractivity contribution is -0.594. The molecule has 0 aromatic carbocycles. The fourth-order valence-corrected chi connectivity index (χ4v) is 1.31. The predicted octanol–water partition coefficient (Wildman–Crippen LogP) is 1.29. The normalized spacial score (nSPS) is 10.0. The maximum absolute atomic E-state index is 11.5. The Hall–Kier alpha value is -2.50. The Kier molecular flexibility index (Phi) is 2.47. The van der Waals surface area contributed by atoms with Crippen molar-refractivity contribution in [3.05, 3.63) is 58.2 Å². The van der Waals surface area contributed by atoms with Gasteiger partial charge in [0.15, 0.2) is 6.20 Å². The summed E-state index contributed by atoms with van der Waals surface area (Å²) >= 11 is 0.